The van der Waals surface area contributed by atoms with Gasteiger partial charge in [0, 0.05) is 10.9 Å². The summed E-state index contributed by atoms with van der Waals surface area (Å²) in [5.74, 6) is -0.268. The van der Waals surface area contributed by atoms with Gasteiger partial charge in [-0.1, -0.05) is 23.7 Å². The summed E-state index contributed by atoms with van der Waals surface area (Å²) >= 11 is 6.04. The van der Waals surface area contributed by atoms with Gasteiger partial charge in [-0.2, -0.15) is 0 Å². The molecule has 0 heterocycles. The van der Waals surface area contributed by atoms with Gasteiger partial charge in [0.15, 0.2) is 0 Å². The average molecular weight is 209 g/mol. The molecular formula is C11H9ClO2. The first-order chi connectivity index (χ1) is 6.70. The molecule has 0 saturated heterocycles. The molecule has 3 rings (SSSR count). The van der Waals surface area contributed by atoms with Gasteiger partial charge in [0.05, 0.1) is 5.92 Å². The Morgan fingerprint density at radius 1 is 1.50 bits per heavy atom. The number of hydrogen-bond acceptors (Lipinski definition) is 1. The van der Waals surface area contributed by atoms with Crippen molar-refractivity contribution in [1.29, 1.82) is 0 Å². The summed E-state index contributed by atoms with van der Waals surface area (Å²) in [6, 6.07) is 5.79. The van der Waals surface area contributed by atoms with E-state index in [-0.39, 0.29) is 11.8 Å². The highest BCUT2D eigenvalue weighted by Crippen LogP contribution is 2.62. The standard InChI is InChI=1S/C11H9ClO2/c12-8-3-1-2-5-6(8)4-7-9(5)10(7)11(13)14/h1-3,7,9-10H,4H2,(H,13,14)/t7-,9-,10+/m0/s1. The Labute approximate surface area is 86.5 Å². The van der Waals surface area contributed by atoms with E-state index in [1.165, 1.54) is 5.56 Å². The SMILES string of the molecule is O=C(O)[C@@H]1[C@H]2Cc3c(Cl)cccc3[C@@H]21. The molecule has 0 unspecified atom stereocenters. The molecule has 0 amide bonds. The molecule has 72 valence electrons. The Balaban J connectivity index is 2.03. The maximum atomic E-state index is 10.8. The Bertz CT molecular complexity index is 427. The van der Waals surface area contributed by atoms with Crippen LogP contribution in [0.5, 0.6) is 0 Å². The lowest BCUT2D eigenvalue weighted by Gasteiger charge is -2.06. The minimum Gasteiger partial charge on any atom is -0.481 e. The van der Waals surface area contributed by atoms with Crippen LogP contribution in [0.25, 0.3) is 0 Å². The molecule has 0 aliphatic heterocycles. The van der Waals surface area contributed by atoms with Crippen molar-refractivity contribution in [2.75, 3.05) is 0 Å². The van der Waals surface area contributed by atoms with Gasteiger partial charge in [-0.3, -0.25) is 4.79 Å². The zero-order valence-corrected chi connectivity index (χ0v) is 8.16. The van der Waals surface area contributed by atoms with Crippen LogP contribution in [-0.2, 0) is 11.2 Å². The highest BCUT2D eigenvalue weighted by molar-refractivity contribution is 6.31. The molecule has 14 heavy (non-hydrogen) atoms. The number of benzene rings is 1. The Hall–Kier alpha value is -1.02. The topological polar surface area (TPSA) is 37.3 Å². The van der Waals surface area contributed by atoms with Gasteiger partial charge in [0.1, 0.15) is 0 Å². The summed E-state index contributed by atoms with van der Waals surface area (Å²) in [7, 11) is 0. The van der Waals surface area contributed by atoms with Crippen molar-refractivity contribution in [3.05, 3.63) is 34.3 Å². The molecule has 1 aromatic rings. The van der Waals surface area contributed by atoms with Crippen molar-refractivity contribution in [2.24, 2.45) is 11.8 Å². The summed E-state index contributed by atoms with van der Waals surface area (Å²) in [5, 5.41) is 9.71. The van der Waals surface area contributed by atoms with Gasteiger partial charge in [0.25, 0.3) is 0 Å². The van der Waals surface area contributed by atoms with E-state index < -0.39 is 5.97 Å². The number of halogens is 1. The van der Waals surface area contributed by atoms with Crippen LogP contribution in [0, 0.1) is 11.8 Å². The molecule has 2 aliphatic carbocycles. The van der Waals surface area contributed by atoms with E-state index in [1.54, 1.807) is 0 Å². The second kappa shape index (κ2) is 2.51. The van der Waals surface area contributed by atoms with E-state index in [9.17, 15) is 4.79 Å². The molecule has 2 aliphatic rings. The molecule has 0 aromatic heterocycles. The number of carboxylic acid groups (broad SMARTS) is 1. The molecule has 1 N–H and O–H groups in total. The summed E-state index contributed by atoms with van der Waals surface area (Å²) in [6.07, 6.45) is 0.844. The van der Waals surface area contributed by atoms with Crippen LogP contribution >= 0.6 is 11.6 Å². The third kappa shape index (κ3) is 0.894. The first kappa shape index (κ1) is 8.30. The van der Waals surface area contributed by atoms with Crippen LogP contribution in [0.2, 0.25) is 5.02 Å². The molecule has 3 atom stereocenters. The van der Waals surface area contributed by atoms with Gasteiger partial charge >= 0.3 is 5.97 Å². The van der Waals surface area contributed by atoms with Crippen molar-refractivity contribution in [3.8, 4) is 0 Å². The maximum absolute atomic E-state index is 10.8. The van der Waals surface area contributed by atoms with Gasteiger partial charge in [-0.15, -0.1) is 0 Å². The van der Waals surface area contributed by atoms with Crippen LogP contribution in [0.1, 0.15) is 17.0 Å². The average Bonchev–Trinajstić information content (AvgIpc) is 2.73. The summed E-state index contributed by atoms with van der Waals surface area (Å²) < 4.78 is 0. The van der Waals surface area contributed by atoms with Crippen LogP contribution in [0.15, 0.2) is 18.2 Å². The number of carbonyl (C=O) groups is 1. The maximum Gasteiger partial charge on any atom is 0.307 e. The fraction of sp³-hybridized carbons (Fsp3) is 0.364. The molecule has 0 spiro atoms. The molecule has 1 aromatic carbocycles. The zero-order chi connectivity index (χ0) is 9.87. The molecule has 2 nitrogen and oxygen atoms in total. The third-order valence-electron chi connectivity index (χ3n) is 3.41. The number of hydrogen-bond donors (Lipinski definition) is 1. The lowest BCUT2D eigenvalue weighted by Crippen LogP contribution is -2.05. The quantitative estimate of drug-likeness (QED) is 0.769. The molecular weight excluding hydrogens is 200 g/mol. The van der Waals surface area contributed by atoms with Crippen LogP contribution in [0.4, 0.5) is 0 Å². The molecule has 1 fully saturated rings. The summed E-state index contributed by atoms with van der Waals surface area (Å²) in [5.41, 5.74) is 2.33. The van der Waals surface area contributed by atoms with Crippen molar-refractivity contribution in [3.63, 3.8) is 0 Å². The second-order valence-corrected chi connectivity index (χ2v) is 4.47. The van der Waals surface area contributed by atoms with Crippen LogP contribution in [-0.4, -0.2) is 11.1 Å². The second-order valence-electron chi connectivity index (χ2n) is 4.07. The number of rotatable bonds is 1. The summed E-state index contributed by atoms with van der Waals surface area (Å²) in [6.45, 7) is 0. The molecule has 0 radical (unpaired) electrons. The Kier molecular flexibility index (Phi) is 1.49. The predicted octanol–water partition coefficient (Wildman–Crippen LogP) is 2.31. The van der Waals surface area contributed by atoms with Crippen molar-refractivity contribution in [1.82, 2.24) is 0 Å². The van der Waals surface area contributed by atoms with Crippen molar-refractivity contribution >= 4 is 17.6 Å². The van der Waals surface area contributed by atoms with Gasteiger partial charge in [0.2, 0.25) is 0 Å². The highest BCUT2D eigenvalue weighted by atomic mass is 35.5. The first-order valence-corrected chi connectivity index (χ1v) is 5.08. The lowest BCUT2D eigenvalue weighted by molar-refractivity contribution is -0.139. The highest BCUT2D eigenvalue weighted by Gasteiger charge is 2.59. The van der Waals surface area contributed by atoms with E-state index in [1.807, 2.05) is 18.2 Å². The molecule has 0 bridgehead atoms. The van der Waals surface area contributed by atoms with Crippen molar-refractivity contribution in [2.45, 2.75) is 12.3 Å². The number of aliphatic carboxylic acids is 1. The van der Waals surface area contributed by atoms with E-state index in [4.69, 9.17) is 16.7 Å². The van der Waals surface area contributed by atoms with Gasteiger partial charge in [-0.05, 0) is 29.5 Å². The lowest BCUT2D eigenvalue weighted by atomic mass is 10.0. The zero-order valence-electron chi connectivity index (χ0n) is 7.40. The first-order valence-electron chi connectivity index (χ1n) is 4.70. The molecule has 1 saturated carbocycles. The van der Waals surface area contributed by atoms with E-state index >= 15 is 0 Å². The third-order valence-corrected chi connectivity index (χ3v) is 3.76. The number of fused-ring (bicyclic) bond motifs is 3. The monoisotopic (exact) mass is 208 g/mol. The fourth-order valence-corrected chi connectivity index (χ4v) is 2.99. The number of carboxylic acids is 1. The van der Waals surface area contributed by atoms with Crippen LogP contribution in [0.3, 0.4) is 0 Å². The van der Waals surface area contributed by atoms with E-state index in [0.29, 0.717) is 5.92 Å². The molecule has 3 heteroatoms. The van der Waals surface area contributed by atoms with Crippen molar-refractivity contribution < 1.29 is 9.90 Å². The minimum absolute atomic E-state index is 0.152. The normalized spacial score (nSPS) is 32.2. The van der Waals surface area contributed by atoms with E-state index in [0.717, 1.165) is 17.0 Å². The summed E-state index contributed by atoms with van der Waals surface area (Å²) in [4.78, 5) is 10.8. The van der Waals surface area contributed by atoms with Crippen LogP contribution < -0.4 is 0 Å². The minimum atomic E-state index is -0.661. The fourth-order valence-electron chi connectivity index (χ4n) is 2.73. The largest absolute Gasteiger partial charge is 0.481 e. The smallest absolute Gasteiger partial charge is 0.307 e. The van der Waals surface area contributed by atoms with Gasteiger partial charge < -0.3 is 5.11 Å². The Morgan fingerprint density at radius 3 is 3.00 bits per heavy atom. The van der Waals surface area contributed by atoms with E-state index in [2.05, 4.69) is 0 Å². The van der Waals surface area contributed by atoms with Gasteiger partial charge in [-0.25, -0.2) is 0 Å². The Morgan fingerprint density at radius 2 is 2.29 bits per heavy atom. The predicted molar refractivity (Wildman–Crippen MR) is 52.5 cm³/mol.